The Morgan fingerprint density at radius 3 is 2.44 bits per heavy atom. The monoisotopic (exact) mass is 353 g/mol. The molecule has 1 N–H and O–H groups in total. The fourth-order valence-corrected chi connectivity index (χ4v) is 2.81. The standard InChI is InChI=1S/C21H17ClFNO/c1-14(21(25)24-18-9-5-8-17(22)13-18)16-10-11-19(20(23)12-16)15-6-3-2-4-7-15/h2-14H,1H3,(H,24,25)/t14-/m1/s1. The number of amides is 1. The Kier molecular flexibility index (Phi) is 5.15. The van der Waals surface area contributed by atoms with E-state index in [1.807, 2.05) is 30.3 Å². The van der Waals surface area contributed by atoms with Crippen LogP contribution in [0.3, 0.4) is 0 Å². The average Bonchev–Trinajstić information content (AvgIpc) is 2.61. The second-order valence-electron chi connectivity index (χ2n) is 5.83. The van der Waals surface area contributed by atoms with Crippen molar-refractivity contribution in [1.82, 2.24) is 0 Å². The van der Waals surface area contributed by atoms with Crippen molar-refractivity contribution in [3.05, 3.63) is 89.2 Å². The van der Waals surface area contributed by atoms with Gasteiger partial charge in [-0.05, 0) is 42.3 Å². The fourth-order valence-electron chi connectivity index (χ4n) is 2.62. The highest BCUT2D eigenvalue weighted by Gasteiger charge is 2.17. The largest absolute Gasteiger partial charge is 0.326 e. The zero-order valence-corrected chi connectivity index (χ0v) is 14.4. The van der Waals surface area contributed by atoms with E-state index in [1.54, 1.807) is 43.3 Å². The second kappa shape index (κ2) is 7.49. The summed E-state index contributed by atoms with van der Waals surface area (Å²) in [5.41, 5.74) is 2.57. The summed E-state index contributed by atoms with van der Waals surface area (Å²) in [4.78, 5) is 12.4. The lowest BCUT2D eigenvalue weighted by Gasteiger charge is -2.14. The molecule has 0 unspecified atom stereocenters. The SMILES string of the molecule is C[C@@H](C(=O)Nc1cccc(Cl)c1)c1ccc(-c2ccccc2)c(F)c1. The molecule has 0 spiro atoms. The summed E-state index contributed by atoms with van der Waals surface area (Å²) in [6, 6.07) is 21.2. The van der Waals surface area contributed by atoms with Gasteiger partial charge in [-0.2, -0.15) is 0 Å². The highest BCUT2D eigenvalue weighted by atomic mass is 35.5. The van der Waals surface area contributed by atoms with E-state index in [1.165, 1.54) is 6.07 Å². The van der Waals surface area contributed by atoms with Crippen molar-refractivity contribution in [2.75, 3.05) is 5.32 Å². The van der Waals surface area contributed by atoms with Crippen LogP contribution in [-0.2, 0) is 4.79 Å². The van der Waals surface area contributed by atoms with Gasteiger partial charge in [0.05, 0.1) is 5.92 Å². The Morgan fingerprint density at radius 2 is 1.76 bits per heavy atom. The minimum atomic E-state index is -0.488. The van der Waals surface area contributed by atoms with E-state index in [0.29, 0.717) is 21.8 Å². The van der Waals surface area contributed by atoms with E-state index in [4.69, 9.17) is 11.6 Å². The molecular formula is C21H17ClFNO. The molecule has 0 heterocycles. The van der Waals surface area contributed by atoms with Crippen LogP contribution < -0.4 is 5.32 Å². The van der Waals surface area contributed by atoms with Crippen molar-refractivity contribution in [3.63, 3.8) is 0 Å². The molecule has 1 amide bonds. The molecule has 3 rings (SSSR count). The van der Waals surface area contributed by atoms with Crippen LogP contribution in [0, 0.1) is 5.82 Å². The predicted molar refractivity (Wildman–Crippen MR) is 100 cm³/mol. The molecule has 0 saturated carbocycles. The molecule has 0 saturated heterocycles. The van der Waals surface area contributed by atoms with E-state index in [-0.39, 0.29) is 11.7 Å². The Labute approximate surface area is 151 Å². The van der Waals surface area contributed by atoms with E-state index < -0.39 is 5.92 Å². The lowest BCUT2D eigenvalue weighted by atomic mass is 9.96. The molecular weight excluding hydrogens is 337 g/mol. The number of carbonyl (C=O) groups is 1. The zero-order chi connectivity index (χ0) is 17.8. The minimum Gasteiger partial charge on any atom is -0.326 e. The quantitative estimate of drug-likeness (QED) is 0.622. The summed E-state index contributed by atoms with van der Waals surface area (Å²) >= 11 is 5.92. The molecule has 3 aromatic carbocycles. The molecule has 0 radical (unpaired) electrons. The minimum absolute atomic E-state index is 0.214. The fraction of sp³-hybridized carbons (Fsp3) is 0.0952. The Hall–Kier alpha value is -2.65. The summed E-state index contributed by atoms with van der Waals surface area (Å²) in [7, 11) is 0. The van der Waals surface area contributed by atoms with Gasteiger partial charge in [0, 0.05) is 16.3 Å². The molecule has 0 bridgehead atoms. The maximum absolute atomic E-state index is 14.5. The number of anilines is 1. The van der Waals surface area contributed by atoms with Gasteiger partial charge in [0.15, 0.2) is 0 Å². The highest BCUT2D eigenvalue weighted by Crippen LogP contribution is 2.27. The number of hydrogen-bond donors (Lipinski definition) is 1. The first kappa shape index (κ1) is 17.2. The van der Waals surface area contributed by atoms with Crippen LogP contribution >= 0.6 is 11.6 Å². The number of halogens is 2. The van der Waals surface area contributed by atoms with Crippen LogP contribution in [0.1, 0.15) is 18.4 Å². The third kappa shape index (κ3) is 4.06. The lowest BCUT2D eigenvalue weighted by Crippen LogP contribution is -2.19. The van der Waals surface area contributed by atoms with E-state index in [9.17, 15) is 9.18 Å². The van der Waals surface area contributed by atoms with E-state index >= 15 is 0 Å². The first-order chi connectivity index (χ1) is 12.0. The summed E-state index contributed by atoms with van der Waals surface area (Å²) in [6.45, 7) is 1.75. The summed E-state index contributed by atoms with van der Waals surface area (Å²) in [5, 5.41) is 3.35. The molecule has 0 aliphatic heterocycles. The molecule has 0 aliphatic carbocycles. The van der Waals surface area contributed by atoms with Gasteiger partial charge in [0.25, 0.3) is 0 Å². The Morgan fingerprint density at radius 1 is 1.00 bits per heavy atom. The molecule has 1 atom stereocenters. The molecule has 3 aromatic rings. The lowest BCUT2D eigenvalue weighted by molar-refractivity contribution is -0.117. The maximum Gasteiger partial charge on any atom is 0.231 e. The third-order valence-corrected chi connectivity index (χ3v) is 4.30. The third-order valence-electron chi connectivity index (χ3n) is 4.06. The van der Waals surface area contributed by atoms with Gasteiger partial charge in [-0.25, -0.2) is 4.39 Å². The van der Waals surface area contributed by atoms with Crippen molar-refractivity contribution >= 4 is 23.2 Å². The summed E-state index contributed by atoms with van der Waals surface area (Å²) in [5.74, 6) is -1.04. The molecule has 0 aromatic heterocycles. The first-order valence-corrected chi connectivity index (χ1v) is 8.33. The molecule has 0 aliphatic rings. The highest BCUT2D eigenvalue weighted by molar-refractivity contribution is 6.30. The number of benzene rings is 3. The number of carbonyl (C=O) groups excluding carboxylic acids is 1. The van der Waals surface area contributed by atoms with Crippen molar-refractivity contribution in [3.8, 4) is 11.1 Å². The van der Waals surface area contributed by atoms with Gasteiger partial charge >= 0.3 is 0 Å². The number of nitrogens with one attached hydrogen (secondary N) is 1. The smallest absolute Gasteiger partial charge is 0.231 e. The first-order valence-electron chi connectivity index (χ1n) is 7.96. The molecule has 0 fully saturated rings. The van der Waals surface area contributed by atoms with Gasteiger partial charge in [-0.1, -0.05) is 60.1 Å². The number of hydrogen-bond acceptors (Lipinski definition) is 1. The summed E-state index contributed by atoms with van der Waals surface area (Å²) < 4.78 is 14.5. The van der Waals surface area contributed by atoms with Crippen molar-refractivity contribution in [1.29, 1.82) is 0 Å². The van der Waals surface area contributed by atoms with Crippen LogP contribution in [0.5, 0.6) is 0 Å². The normalized spacial score (nSPS) is 11.8. The molecule has 25 heavy (non-hydrogen) atoms. The van der Waals surface area contributed by atoms with Gasteiger partial charge < -0.3 is 5.32 Å². The Balaban J connectivity index is 1.79. The number of rotatable bonds is 4. The zero-order valence-electron chi connectivity index (χ0n) is 13.7. The van der Waals surface area contributed by atoms with Crippen molar-refractivity contribution < 1.29 is 9.18 Å². The van der Waals surface area contributed by atoms with Gasteiger partial charge in [0.1, 0.15) is 5.82 Å². The topological polar surface area (TPSA) is 29.1 Å². The van der Waals surface area contributed by atoms with Gasteiger partial charge in [-0.15, -0.1) is 0 Å². The van der Waals surface area contributed by atoms with Gasteiger partial charge in [0.2, 0.25) is 5.91 Å². The summed E-state index contributed by atoms with van der Waals surface area (Å²) in [6.07, 6.45) is 0. The molecule has 4 heteroatoms. The second-order valence-corrected chi connectivity index (χ2v) is 6.26. The van der Waals surface area contributed by atoms with Crippen LogP contribution in [0.2, 0.25) is 5.02 Å². The maximum atomic E-state index is 14.5. The molecule has 126 valence electrons. The van der Waals surface area contributed by atoms with Crippen LogP contribution in [-0.4, -0.2) is 5.91 Å². The van der Waals surface area contributed by atoms with Crippen molar-refractivity contribution in [2.24, 2.45) is 0 Å². The predicted octanol–water partition coefficient (Wildman–Crippen LogP) is 5.89. The van der Waals surface area contributed by atoms with E-state index in [2.05, 4.69) is 5.32 Å². The average molecular weight is 354 g/mol. The van der Waals surface area contributed by atoms with Gasteiger partial charge in [-0.3, -0.25) is 4.79 Å². The van der Waals surface area contributed by atoms with Crippen LogP contribution in [0.25, 0.3) is 11.1 Å². The van der Waals surface area contributed by atoms with E-state index in [0.717, 1.165) is 5.56 Å². The molecule has 2 nitrogen and oxygen atoms in total. The van der Waals surface area contributed by atoms with Crippen LogP contribution in [0.15, 0.2) is 72.8 Å². The van der Waals surface area contributed by atoms with Crippen LogP contribution in [0.4, 0.5) is 10.1 Å². The van der Waals surface area contributed by atoms with Crippen molar-refractivity contribution in [2.45, 2.75) is 12.8 Å². The Bertz CT molecular complexity index is 895.